The molecule has 9 nitrogen and oxygen atoms in total. The summed E-state index contributed by atoms with van der Waals surface area (Å²) in [7, 11) is 0. The molecule has 2 aromatic heterocycles. The molecule has 3 amide bonds. The topological polar surface area (TPSA) is 118 Å². The highest BCUT2D eigenvalue weighted by Crippen LogP contribution is 2.30. The van der Waals surface area contributed by atoms with E-state index in [1.807, 2.05) is 42.5 Å². The van der Waals surface area contributed by atoms with Crippen molar-refractivity contribution in [1.29, 1.82) is 0 Å². The van der Waals surface area contributed by atoms with Crippen LogP contribution in [0.4, 0.5) is 16.2 Å². The summed E-state index contributed by atoms with van der Waals surface area (Å²) in [6, 6.07) is 15.9. The molecule has 0 radical (unpaired) electrons. The average molecular weight is 577 g/mol. The lowest BCUT2D eigenvalue weighted by Crippen LogP contribution is -2.29. The fourth-order valence-corrected chi connectivity index (χ4v) is 4.60. The van der Waals surface area contributed by atoms with Gasteiger partial charge in [-0.2, -0.15) is 5.10 Å². The molecule has 1 aliphatic rings. The maximum Gasteiger partial charge on any atom is 0.323 e. The number of halogens is 2. The van der Waals surface area contributed by atoms with Crippen LogP contribution in [0.1, 0.15) is 30.1 Å². The first kappa shape index (κ1) is 27.4. The molecular weight excluding hydrogens is 551 g/mol. The van der Waals surface area contributed by atoms with Gasteiger partial charge in [0.2, 0.25) is 0 Å². The summed E-state index contributed by atoms with van der Waals surface area (Å²) in [5.41, 5.74) is 3.29. The highest BCUT2D eigenvalue weighted by molar-refractivity contribution is 6.39. The van der Waals surface area contributed by atoms with E-state index in [1.54, 1.807) is 13.0 Å². The lowest BCUT2D eigenvalue weighted by molar-refractivity contribution is 0.0952. The maximum absolute atomic E-state index is 13.0. The molecule has 40 heavy (non-hydrogen) atoms. The van der Waals surface area contributed by atoms with Crippen LogP contribution in [0.15, 0.2) is 71.8 Å². The van der Waals surface area contributed by atoms with Crippen LogP contribution >= 0.6 is 23.2 Å². The van der Waals surface area contributed by atoms with Crippen LogP contribution in [-0.4, -0.2) is 33.2 Å². The van der Waals surface area contributed by atoms with Crippen LogP contribution in [0.3, 0.4) is 0 Å². The number of rotatable bonds is 8. The van der Waals surface area contributed by atoms with Crippen LogP contribution < -0.4 is 21.5 Å². The number of benzene rings is 2. The zero-order valence-corrected chi connectivity index (χ0v) is 23.1. The van der Waals surface area contributed by atoms with Gasteiger partial charge < -0.3 is 16.0 Å². The summed E-state index contributed by atoms with van der Waals surface area (Å²) < 4.78 is 1.27. The fourth-order valence-electron chi connectivity index (χ4n) is 4.14. The van der Waals surface area contributed by atoms with E-state index in [1.165, 1.54) is 36.0 Å². The Morgan fingerprint density at radius 1 is 0.950 bits per heavy atom. The van der Waals surface area contributed by atoms with Crippen LogP contribution in [0.2, 0.25) is 10.0 Å². The number of hydrogen-bond donors (Lipinski definition) is 3. The van der Waals surface area contributed by atoms with E-state index in [9.17, 15) is 14.4 Å². The Kier molecular flexibility index (Phi) is 8.14. The standard InChI is InChI=1S/C29H26Cl2N6O3/c1-2-37-28(39)25(34-29(40)35-26-22(30)15-32-16-23(26)31)13-24(36-37)20-7-3-5-18(11-20)19-6-4-8-21(12-19)27(38)33-14-17-9-10-17/h3-8,11-13,15-17H,2,9-10,14H2,1H3,(H,33,38)(H2,32,34,35,40). The van der Waals surface area contributed by atoms with E-state index < -0.39 is 11.6 Å². The van der Waals surface area contributed by atoms with E-state index in [0.29, 0.717) is 30.3 Å². The number of carbonyl (C=O) groups excluding carboxylic acids is 2. The second kappa shape index (κ2) is 11.9. The van der Waals surface area contributed by atoms with Crippen molar-refractivity contribution in [2.24, 2.45) is 5.92 Å². The molecule has 3 N–H and O–H groups in total. The molecule has 0 aliphatic heterocycles. The third kappa shape index (κ3) is 6.32. The summed E-state index contributed by atoms with van der Waals surface area (Å²) in [5, 5.41) is 12.9. The second-order valence-corrected chi connectivity index (χ2v) is 10.3. The van der Waals surface area contributed by atoms with Crippen molar-refractivity contribution in [3.8, 4) is 22.4 Å². The first-order valence-corrected chi connectivity index (χ1v) is 13.6. The third-order valence-corrected chi connectivity index (χ3v) is 7.05. The largest absolute Gasteiger partial charge is 0.352 e. The Bertz CT molecular complexity index is 1630. The molecule has 2 aromatic carbocycles. The van der Waals surface area contributed by atoms with Gasteiger partial charge in [-0.1, -0.05) is 53.5 Å². The van der Waals surface area contributed by atoms with Gasteiger partial charge in [-0.05, 0) is 61.1 Å². The van der Waals surface area contributed by atoms with Crippen molar-refractivity contribution >= 4 is 46.5 Å². The van der Waals surface area contributed by atoms with Crippen LogP contribution in [0.25, 0.3) is 22.4 Å². The van der Waals surface area contributed by atoms with Gasteiger partial charge in [0.25, 0.3) is 11.5 Å². The van der Waals surface area contributed by atoms with Gasteiger partial charge in [0.05, 0.1) is 21.4 Å². The summed E-state index contributed by atoms with van der Waals surface area (Å²) in [6.07, 6.45) is 5.03. The molecule has 1 fully saturated rings. The van der Waals surface area contributed by atoms with Crippen LogP contribution in [0, 0.1) is 5.92 Å². The lowest BCUT2D eigenvalue weighted by atomic mass is 9.99. The van der Waals surface area contributed by atoms with Gasteiger partial charge in [0, 0.05) is 36.6 Å². The molecule has 5 rings (SSSR count). The molecule has 4 aromatic rings. The Morgan fingerprint density at radius 3 is 2.33 bits per heavy atom. The van der Waals surface area contributed by atoms with E-state index in [4.69, 9.17) is 23.2 Å². The van der Waals surface area contributed by atoms with Crippen molar-refractivity contribution < 1.29 is 9.59 Å². The Hall–Kier alpha value is -4.21. The highest BCUT2D eigenvalue weighted by atomic mass is 35.5. The van der Waals surface area contributed by atoms with Gasteiger partial charge >= 0.3 is 6.03 Å². The first-order valence-electron chi connectivity index (χ1n) is 12.8. The van der Waals surface area contributed by atoms with Crippen molar-refractivity contribution in [2.45, 2.75) is 26.3 Å². The van der Waals surface area contributed by atoms with Gasteiger partial charge in [-0.15, -0.1) is 0 Å². The minimum Gasteiger partial charge on any atom is -0.352 e. The van der Waals surface area contributed by atoms with Gasteiger partial charge in [0.1, 0.15) is 5.69 Å². The summed E-state index contributed by atoms with van der Waals surface area (Å²) in [6.45, 7) is 2.78. The normalized spacial score (nSPS) is 12.6. The smallest absolute Gasteiger partial charge is 0.323 e. The molecule has 0 bridgehead atoms. The third-order valence-electron chi connectivity index (χ3n) is 6.48. The number of nitrogens with zero attached hydrogens (tertiary/aromatic N) is 3. The van der Waals surface area contributed by atoms with Gasteiger partial charge in [0.15, 0.2) is 0 Å². The summed E-state index contributed by atoms with van der Waals surface area (Å²) >= 11 is 12.2. The number of aryl methyl sites for hydroxylation is 1. The van der Waals surface area contributed by atoms with E-state index >= 15 is 0 Å². The Labute approximate surface area is 240 Å². The Balaban J connectivity index is 1.41. The number of nitrogens with one attached hydrogen (secondary N) is 3. The fraction of sp³-hybridized carbons (Fsp3) is 0.207. The number of pyridine rings is 1. The number of amides is 3. The van der Waals surface area contributed by atoms with Crippen molar-refractivity contribution in [3.63, 3.8) is 0 Å². The van der Waals surface area contributed by atoms with Crippen molar-refractivity contribution in [1.82, 2.24) is 20.1 Å². The van der Waals surface area contributed by atoms with E-state index in [0.717, 1.165) is 16.7 Å². The first-order chi connectivity index (χ1) is 19.3. The van der Waals surface area contributed by atoms with Crippen molar-refractivity contribution in [2.75, 3.05) is 17.2 Å². The Morgan fingerprint density at radius 2 is 1.62 bits per heavy atom. The molecule has 1 aliphatic carbocycles. The molecular formula is C29H26Cl2N6O3. The highest BCUT2D eigenvalue weighted by Gasteiger charge is 2.22. The second-order valence-electron chi connectivity index (χ2n) is 9.44. The quantitative estimate of drug-likeness (QED) is 0.235. The van der Waals surface area contributed by atoms with E-state index in [2.05, 4.69) is 26.0 Å². The summed E-state index contributed by atoms with van der Waals surface area (Å²) in [4.78, 5) is 42.2. The number of anilines is 2. The number of carbonyl (C=O) groups is 2. The van der Waals surface area contributed by atoms with Crippen LogP contribution in [0.5, 0.6) is 0 Å². The predicted molar refractivity (Wildman–Crippen MR) is 157 cm³/mol. The molecule has 0 atom stereocenters. The SMILES string of the molecule is CCn1nc(-c2cccc(-c3cccc(C(=O)NCC4CC4)c3)c2)cc(NC(=O)Nc2c(Cl)cncc2Cl)c1=O. The number of hydrogen-bond acceptors (Lipinski definition) is 5. The lowest BCUT2D eigenvalue weighted by Gasteiger charge is -2.13. The zero-order chi connectivity index (χ0) is 28.2. The monoisotopic (exact) mass is 576 g/mol. The molecule has 0 spiro atoms. The molecule has 1 saturated carbocycles. The zero-order valence-electron chi connectivity index (χ0n) is 21.6. The molecule has 204 valence electrons. The van der Waals surface area contributed by atoms with Gasteiger partial charge in [-0.3, -0.25) is 14.6 Å². The van der Waals surface area contributed by atoms with Crippen molar-refractivity contribution in [3.05, 3.63) is 93.0 Å². The summed E-state index contributed by atoms with van der Waals surface area (Å²) in [5.74, 6) is 0.504. The van der Waals surface area contributed by atoms with E-state index in [-0.39, 0.29) is 27.3 Å². The molecule has 2 heterocycles. The predicted octanol–water partition coefficient (Wildman–Crippen LogP) is 6.08. The minimum absolute atomic E-state index is 0.0328. The average Bonchev–Trinajstić information content (AvgIpc) is 3.80. The molecule has 11 heteroatoms. The molecule has 0 saturated heterocycles. The number of aromatic nitrogens is 3. The van der Waals surface area contributed by atoms with Gasteiger partial charge in [-0.25, -0.2) is 9.48 Å². The van der Waals surface area contributed by atoms with Crippen LogP contribution in [-0.2, 0) is 6.54 Å². The maximum atomic E-state index is 13.0. The minimum atomic E-state index is -0.697. The number of urea groups is 1. The molecule has 0 unspecified atom stereocenters.